The van der Waals surface area contributed by atoms with E-state index in [9.17, 15) is 0 Å². The van der Waals surface area contributed by atoms with Crippen LogP contribution in [0.2, 0.25) is 0 Å². The maximum atomic E-state index is 2.41. The highest BCUT2D eigenvalue weighted by Gasteiger charge is 2.37. The van der Waals surface area contributed by atoms with Crippen LogP contribution in [0.3, 0.4) is 0 Å². The standard InChI is InChI=1S/C8H12.C8H16.C3H8.C2H6/c1-6-2-3-7-5-8(7)4-6;1-2-8-6-4-3-5-7-8;1-3-2;1-2/h2,7-8H,3-5H2,1H3;8H,2-7H2,1H3;3H2,1-2H3;1-2H3. The van der Waals surface area contributed by atoms with Gasteiger partial charge in [-0.25, -0.2) is 0 Å². The second kappa shape index (κ2) is 13.4. The number of hydrogen-bond donors (Lipinski definition) is 0. The van der Waals surface area contributed by atoms with Gasteiger partial charge in [-0.3, -0.25) is 0 Å². The monoisotopic (exact) mass is 294 g/mol. The van der Waals surface area contributed by atoms with Crippen molar-refractivity contribution in [1.29, 1.82) is 0 Å². The van der Waals surface area contributed by atoms with Gasteiger partial charge in [-0.1, -0.05) is 91.2 Å². The third kappa shape index (κ3) is 10.1. The van der Waals surface area contributed by atoms with Crippen molar-refractivity contribution in [3.63, 3.8) is 0 Å². The highest BCUT2D eigenvalue weighted by molar-refractivity contribution is 5.11. The van der Waals surface area contributed by atoms with E-state index >= 15 is 0 Å². The van der Waals surface area contributed by atoms with Gasteiger partial charge in [0.15, 0.2) is 0 Å². The molecule has 0 saturated heterocycles. The van der Waals surface area contributed by atoms with Crippen LogP contribution in [0.15, 0.2) is 11.6 Å². The highest BCUT2D eigenvalue weighted by Crippen LogP contribution is 2.48. The minimum absolute atomic E-state index is 1.09. The van der Waals surface area contributed by atoms with E-state index < -0.39 is 0 Å². The van der Waals surface area contributed by atoms with E-state index in [0.29, 0.717) is 0 Å². The van der Waals surface area contributed by atoms with E-state index in [-0.39, 0.29) is 0 Å². The normalized spacial score (nSPS) is 26.5. The second-order valence-electron chi connectivity index (χ2n) is 6.87. The first kappa shape index (κ1) is 20.7. The molecule has 3 aliphatic rings. The Kier molecular flexibility index (Phi) is 13.2. The molecule has 0 amide bonds. The van der Waals surface area contributed by atoms with Crippen LogP contribution in [0.4, 0.5) is 0 Å². The second-order valence-corrected chi connectivity index (χ2v) is 6.87. The van der Waals surface area contributed by atoms with E-state index in [1.807, 2.05) is 13.8 Å². The van der Waals surface area contributed by atoms with E-state index in [1.54, 1.807) is 5.57 Å². The molecule has 126 valence electrons. The summed E-state index contributed by atoms with van der Waals surface area (Å²) in [4.78, 5) is 0. The van der Waals surface area contributed by atoms with Crippen LogP contribution in [0, 0.1) is 17.8 Å². The predicted molar refractivity (Wildman–Crippen MR) is 98.8 cm³/mol. The molecule has 0 heteroatoms. The SMILES string of the molecule is CC.CC1=CCC2CC2C1.CCC.CCC1CCCCC1. The Morgan fingerprint density at radius 1 is 0.952 bits per heavy atom. The minimum Gasteiger partial charge on any atom is -0.0853 e. The lowest BCUT2D eigenvalue weighted by molar-refractivity contribution is 0.349. The molecule has 3 rings (SSSR count). The maximum Gasteiger partial charge on any atom is -0.0292 e. The van der Waals surface area contributed by atoms with Crippen molar-refractivity contribution in [2.24, 2.45) is 17.8 Å². The van der Waals surface area contributed by atoms with E-state index in [2.05, 4.69) is 33.8 Å². The molecule has 21 heavy (non-hydrogen) atoms. The Morgan fingerprint density at radius 2 is 1.52 bits per heavy atom. The zero-order valence-corrected chi connectivity index (χ0v) is 15.9. The van der Waals surface area contributed by atoms with Crippen LogP contribution >= 0.6 is 0 Å². The highest BCUT2D eigenvalue weighted by atomic mass is 14.4. The molecule has 2 atom stereocenters. The van der Waals surface area contributed by atoms with Crippen molar-refractivity contribution in [1.82, 2.24) is 0 Å². The fraction of sp³-hybridized carbons (Fsp3) is 0.905. The van der Waals surface area contributed by atoms with Gasteiger partial charge in [0.05, 0.1) is 0 Å². The first-order valence-corrected chi connectivity index (χ1v) is 9.86. The lowest BCUT2D eigenvalue weighted by Gasteiger charge is -2.18. The van der Waals surface area contributed by atoms with Gasteiger partial charge in [0.2, 0.25) is 0 Å². The Labute approximate surface area is 135 Å². The fourth-order valence-corrected chi connectivity index (χ4v) is 3.29. The predicted octanol–water partition coefficient (Wildman–Crippen LogP) is 7.78. The third-order valence-electron chi connectivity index (χ3n) is 4.72. The average Bonchev–Trinajstić information content (AvgIpc) is 3.30. The Morgan fingerprint density at radius 3 is 1.90 bits per heavy atom. The summed E-state index contributed by atoms with van der Waals surface area (Å²) in [5.74, 6) is 3.31. The van der Waals surface area contributed by atoms with Gasteiger partial charge >= 0.3 is 0 Å². The molecule has 2 fully saturated rings. The molecule has 2 saturated carbocycles. The van der Waals surface area contributed by atoms with Gasteiger partial charge in [-0.05, 0) is 43.9 Å². The molecule has 3 aliphatic carbocycles. The number of hydrogen-bond acceptors (Lipinski definition) is 0. The first-order valence-electron chi connectivity index (χ1n) is 9.86. The molecule has 0 aliphatic heterocycles. The molecule has 0 radical (unpaired) electrons. The molecule has 0 nitrogen and oxygen atoms in total. The first-order chi connectivity index (χ1) is 10.2. The van der Waals surface area contributed by atoms with E-state index in [4.69, 9.17) is 0 Å². The number of allylic oxidation sites excluding steroid dienone is 2. The molecular formula is C21H42. The van der Waals surface area contributed by atoms with Gasteiger partial charge in [0.1, 0.15) is 0 Å². The summed E-state index contributed by atoms with van der Waals surface area (Å²) in [6, 6.07) is 0. The lowest BCUT2D eigenvalue weighted by Crippen LogP contribution is -2.03. The van der Waals surface area contributed by atoms with Crippen LogP contribution in [0.5, 0.6) is 0 Å². The fourth-order valence-electron chi connectivity index (χ4n) is 3.29. The van der Waals surface area contributed by atoms with Crippen molar-refractivity contribution in [2.45, 2.75) is 106 Å². The molecule has 0 aromatic heterocycles. The van der Waals surface area contributed by atoms with Crippen LogP contribution in [-0.2, 0) is 0 Å². The Bertz CT molecular complexity index is 245. The molecule has 0 aromatic rings. The molecule has 2 unspecified atom stereocenters. The molecule has 0 heterocycles. The summed E-state index contributed by atoms with van der Waals surface area (Å²) in [5, 5.41) is 0. The molecule has 0 bridgehead atoms. The Balaban J connectivity index is 0.000000294. The minimum atomic E-state index is 1.09. The van der Waals surface area contributed by atoms with E-state index in [1.165, 1.54) is 64.2 Å². The van der Waals surface area contributed by atoms with Crippen LogP contribution in [0.1, 0.15) is 106 Å². The van der Waals surface area contributed by atoms with Crippen LogP contribution in [0.25, 0.3) is 0 Å². The van der Waals surface area contributed by atoms with Gasteiger partial charge in [0.25, 0.3) is 0 Å². The van der Waals surface area contributed by atoms with Crippen LogP contribution in [-0.4, -0.2) is 0 Å². The lowest BCUT2D eigenvalue weighted by atomic mass is 9.88. The average molecular weight is 295 g/mol. The quantitative estimate of drug-likeness (QED) is 0.433. The largest absolute Gasteiger partial charge is 0.0853 e. The summed E-state index contributed by atoms with van der Waals surface area (Å²) in [6.45, 7) is 12.8. The Hall–Kier alpha value is -0.260. The summed E-state index contributed by atoms with van der Waals surface area (Å²) in [6.07, 6.45) is 16.9. The van der Waals surface area contributed by atoms with Gasteiger partial charge in [0, 0.05) is 0 Å². The van der Waals surface area contributed by atoms with Crippen molar-refractivity contribution in [2.75, 3.05) is 0 Å². The van der Waals surface area contributed by atoms with Crippen molar-refractivity contribution in [3.8, 4) is 0 Å². The molecule has 0 N–H and O–H groups in total. The zero-order valence-electron chi connectivity index (χ0n) is 15.9. The molecular weight excluding hydrogens is 252 g/mol. The maximum absolute atomic E-state index is 2.41. The number of fused-ring (bicyclic) bond motifs is 1. The van der Waals surface area contributed by atoms with Gasteiger partial charge < -0.3 is 0 Å². The van der Waals surface area contributed by atoms with Gasteiger partial charge in [-0.15, -0.1) is 0 Å². The zero-order chi connectivity index (χ0) is 16.1. The topological polar surface area (TPSA) is 0 Å². The van der Waals surface area contributed by atoms with Crippen LogP contribution < -0.4 is 0 Å². The van der Waals surface area contributed by atoms with Crippen molar-refractivity contribution < 1.29 is 0 Å². The van der Waals surface area contributed by atoms with Gasteiger partial charge in [-0.2, -0.15) is 0 Å². The molecule has 0 spiro atoms. The van der Waals surface area contributed by atoms with Crippen molar-refractivity contribution in [3.05, 3.63) is 11.6 Å². The summed E-state index contributed by atoms with van der Waals surface area (Å²) in [7, 11) is 0. The summed E-state index contributed by atoms with van der Waals surface area (Å²) in [5.41, 5.74) is 1.63. The van der Waals surface area contributed by atoms with E-state index in [0.717, 1.165) is 17.8 Å². The smallest absolute Gasteiger partial charge is 0.0292 e. The van der Waals surface area contributed by atoms with Crippen molar-refractivity contribution >= 4 is 0 Å². The third-order valence-corrected chi connectivity index (χ3v) is 4.72. The number of rotatable bonds is 1. The summed E-state index contributed by atoms with van der Waals surface area (Å²) < 4.78 is 0. The molecule has 0 aromatic carbocycles. The summed E-state index contributed by atoms with van der Waals surface area (Å²) >= 11 is 0.